The Balaban J connectivity index is 2.43. The number of benzene rings is 2. The summed E-state index contributed by atoms with van der Waals surface area (Å²) in [5.74, 6) is -0.626. The molecule has 0 saturated carbocycles. The molecule has 0 spiro atoms. The minimum Gasteiger partial charge on any atom is -0.444 e. The molecule has 196 valence electrons. The molecule has 3 unspecified atom stereocenters. The van der Waals surface area contributed by atoms with Crippen LogP contribution in [0, 0.1) is 13.8 Å². The van der Waals surface area contributed by atoms with Crippen molar-refractivity contribution in [2.24, 2.45) is 0 Å². The molecule has 3 amide bonds. The summed E-state index contributed by atoms with van der Waals surface area (Å²) in [6.45, 7) is 15.1. The van der Waals surface area contributed by atoms with Crippen molar-refractivity contribution in [3.8, 4) is 0 Å². The summed E-state index contributed by atoms with van der Waals surface area (Å²) in [5.41, 5.74) is 3.02. The SMILES string of the molecule is CCC(C)N(C(=O)C(C)NC(=O)OC(C)(C)C)C(C(=O)NCc1ccccc1)c1ccc(C)cc1C. The lowest BCUT2D eigenvalue weighted by atomic mass is 9.95. The maximum absolute atomic E-state index is 13.8. The monoisotopic (exact) mass is 495 g/mol. The lowest BCUT2D eigenvalue weighted by Crippen LogP contribution is -2.54. The van der Waals surface area contributed by atoms with Crippen molar-refractivity contribution in [2.75, 3.05) is 0 Å². The third-order valence-corrected chi connectivity index (χ3v) is 5.98. The maximum Gasteiger partial charge on any atom is 0.408 e. The Kier molecular flexibility index (Phi) is 10.1. The number of carbonyl (C=O) groups excluding carboxylic acids is 3. The minimum atomic E-state index is -0.885. The third-order valence-electron chi connectivity index (χ3n) is 5.98. The van der Waals surface area contributed by atoms with Gasteiger partial charge in [-0.1, -0.05) is 61.0 Å². The van der Waals surface area contributed by atoms with Gasteiger partial charge in [0.1, 0.15) is 17.7 Å². The van der Waals surface area contributed by atoms with E-state index in [0.717, 1.165) is 22.3 Å². The molecule has 0 aliphatic heterocycles. The molecule has 7 heteroatoms. The van der Waals surface area contributed by atoms with Crippen LogP contribution < -0.4 is 10.6 Å². The molecule has 2 aromatic rings. The van der Waals surface area contributed by atoms with Crippen molar-refractivity contribution in [1.82, 2.24) is 15.5 Å². The molecule has 2 aromatic carbocycles. The predicted octanol–water partition coefficient (Wildman–Crippen LogP) is 5.20. The number of nitrogens with zero attached hydrogens (tertiary/aromatic N) is 1. The Labute approximate surface area is 215 Å². The van der Waals surface area contributed by atoms with Crippen LogP contribution in [0.2, 0.25) is 0 Å². The van der Waals surface area contributed by atoms with Crippen LogP contribution in [0.5, 0.6) is 0 Å². The zero-order valence-corrected chi connectivity index (χ0v) is 22.8. The smallest absolute Gasteiger partial charge is 0.408 e. The summed E-state index contributed by atoms with van der Waals surface area (Å²) in [7, 11) is 0. The molecule has 0 aliphatic carbocycles. The zero-order chi connectivity index (χ0) is 27.0. The van der Waals surface area contributed by atoms with E-state index in [1.807, 2.05) is 76.2 Å². The van der Waals surface area contributed by atoms with Crippen LogP contribution in [-0.4, -0.2) is 40.5 Å². The highest BCUT2D eigenvalue weighted by atomic mass is 16.6. The molecule has 2 rings (SSSR count). The Morgan fingerprint density at radius 1 is 1.00 bits per heavy atom. The molecular formula is C29H41N3O4. The fraction of sp³-hybridized carbons (Fsp3) is 0.483. The van der Waals surface area contributed by atoms with Crippen molar-refractivity contribution in [3.05, 3.63) is 70.8 Å². The average molecular weight is 496 g/mol. The molecule has 0 heterocycles. The first-order valence-electron chi connectivity index (χ1n) is 12.5. The van der Waals surface area contributed by atoms with Crippen molar-refractivity contribution < 1.29 is 19.1 Å². The largest absolute Gasteiger partial charge is 0.444 e. The number of hydrogen-bond donors (Lipinski definition) is 2. The van der Waals surface area contributed by atoms with Gasteiger partial charge >= 0.3 is 6.09 Å². The molecule has 0 saturated heterocycles. The summed E-state index contributed by atoms with van der Waals surface area (Å²) >= 11 is 0. The highest BCUT2D eigenvalue weighted by molar-refractivity contribution is 5.92. The van der Waals surface area contributed by atoms with E-state index < -0.39 is 23.8 Å². The summed E-state index contributed by atoms with van der Waals surface area (Å²) in [6, 6.07) is 13.5. The predicted molar refractivity (Wildman–Crippen MR) is 142 cm³/mol. The molecule has 36 heavy (non-hydrogen) atoms. The van der Waals surface area contributed by atoms with Crippen molar-refractivity contribution in [3.63, 3.8) is 0 Å². The average Bonchev–Trinajstić information content (AvgIpc) is 2.80. The maximum atomic E-state index is 13.8. The second-order valence-electron chi connectivity index (χ2n) is 10.3. The minimum absolute atomic E-state index is 0.256. The van der Waals surface area contributed by atoms with Crippen LogP contribution in [0.1, 0.15) is 76.3 Å². The molecule has 0 aliphatic rings. The number of hydrogen-bond acceptors (Lipinski definition) is 4. The third kappa shape index (κ3) is 8.11. The number of rotatable bonds is 9. The normalized spacial score (nSPS) is 13.8. The van der Waals surface area contributed by atoms with Crippen LogP contribution in [0.15, 0.2) is 48.5 Å². The number of carbonyl (C=O) groups is 3. The number of alkyl carbamates (subject to hydrolysis) is 1. The first-order chi connectivity index (χ1) is 16.8. The number of nitrogens with one attached hydrogen (secondary N) is 2. The van der Waals surface area contributed by atoms with Crippen molar-refractivity contribution >= 4 is 17.9 Å². The summed E-state index contributed by atoms with van der Waals surface area (Å²) in [6.07, 6.45) is -0.0396. The quantitative estimate of drug-likeness (QED) is 0.500. The van der Waals surface area contributed by atoms with Crippen LogP contribution in [0.4, 0.5) is 4.79 Å². The molecule has 0 aromatic heterocycles. The number of amides is 3. The van der Waals surface area contributed by atoms with Crippen LogP contribution in [0.25, 0.3) is 0 Å². The van der Waals surface area contributed by atoms with Gasteiger partial charge in [0.25, 0.3) is 0 Å². The second kappa shape index (κ2) is 12.6. The van der Waals surface area contributed by atoms with Gasteiger partial charge in [0, 0.05) is 12.6 Å². The van der Waals surface area contributed by atoms with Gasteiger partial charge in [-0.15, -0.1) is 0 Å². The Morgan fingerprint density at radius 2 is 1.64 bits per heavy atom. The van der Waals surface area contributed by atoms with Gasteiger partial charge in [-0.05, 0) is 71.6 Å². The highest BCUT2D eigenvalue weighted by Crippen LogP contribution is 2.29. The van der Waals surface area contributed by atoms with E-state index in [4.69, 9.17) is 4.74 Å². The van der Waals surface area contributed by atoms with Crippen molar-refractivity contribution in [2.45, 2.75) is 92.1 Å². The van der Waals surface area contributed by atoms with Gasteiger partial charge < -0.3 is 20.3 Å². The van der Waals surface area contributed by atoms with Gasteiger partial charge in [0.2, 0.25) is 11.8 Å². The molecule has 0 fully saturated rings. The Hall–Kier alpha value is -3.35. The van der Waals surface area contributed by atoms with E-state index in [0.29, 0.717) is 13.0 Å². The number of aryl methyl sites for hydroxylation is 2. The van der Waals surface area contributed by atoms with Gasteiger partial charge in [0.05, 0.1) is 0 Å². The second-order valence-corrected chi connectivity index (χ2v) is 10.3. The van der Waals surface area contributed by atoms with E-state index in [9.17, 15) is 14.4 Å². The van der Waals surface area contributed by atoms with Gasteiger partial charge in [-0.2, -0.15) is 0 Å². The van der Waals surface area contributed by atoms with Crippen LogP contribution in [-0.2, 0) is 20.9 Å². The fourth-order valence-electron chi connectivity index (χ4n) is 4.00. The van der Waals surface area contributed by atoms with E-state index in [2.05, 4.69) is 10.6 Å². The molecule has 0 bridgehead atoms. The highest BCUT2D eigenvalue weighted by Gasteiger charge is 2.37. The lowest BCUT2D eigenvalue weighted by molar-refractivity contribution is -0.144. The lowest BCUT2D eigenvalue weighted by Gasteiger charge is -2.38. The molecule has 3 atom stereocenters. The van der Waals surface area contributed by atoms with Crippen LogP contribution in [0.3, 0.4) is 0 Å². The Morgan fingerprint density at radius 3 is 2.19 bits per heavy atom. The van der Waals surface area contributed by atoms with Crippen LogP contribution >= 0.6 is 0 Å². The molecule has 7 nitrogen and oxygen atoms in total. The summed E-state index contributed by atoms with van der Waals surface area (Å²) in [5, 5.41) is 5.66. The van der Waals surface area contributed by atoms with Crippen molar-refractivity contribution in [1.29, 1.82) is 0 Å². The van der Waals surface area contributed by atoms with Gasteiger partial charge in [-0.3, -0.25) is 9.59 Å². The zero-order valence-electron chi connectivity index (χ0n) is 22.8. The van der Waals surface area contributed by atoms with E-state index >= 15 is 0 Å². The van der Waals surface area contributed by atoms with E-state index in [-0.39, 0.29) is 17.9 Å². The first kappa shape index (κ1) is 28.9. The van der Waals surface area contributed by atoms with Gasteiger partial charge in [-0.25, -0.2) is 4.79 Å². The molecule has 2 N–H and O–H groups in total. The summed E-state index contributed by atoms with van der Waals surface area (Å²) < 4.78 is 5.34. The standard InChI is InChI=1S/C29H41N3O4/c1-9-21(4)32(27(34)22(5)31-28(35)36-29(6,7)8)25(24-16-15-19(2)17-20(24)3)26(33)30-18-23-13-11-10-12-14-23/h10-17,21-22,25H,9,18H2,1-8H3,(H,30,33)(H,31,35). The Bertz CT molecular complexity index is 1050. The first-order valence-corrected chi connectivity index (χ1v) is 12.5. The summed E-state index contributed by atoms with van der Waals surface area (Å²) in [4.78, 5) is 41.5. The topological polar surface area (TPSA) is 87.7 Å². The van der Waals surface area contributed by atoms with Gasteiger partial charge in [0.15, 0.2) is 0 Å². The fourth-order valence-corrected chi connectivity index (χ4v) is 4.00. The number of ether oxygens (including phenoxy) is 1. The van der Waals surface area contributed by atoms with E-state index in [1.54, 1.807) is 32.6 Å². The molecular weight excluding hydrogens is 454 g/mol. The molecule has 0 radical (unpaired) electrons. The van der Waals surface area contributed by atoms with E-state index in [1.165, 1.54) is 0 Å².